The van der Waals surface area contributed by atoms with E-state index in [1.807, 2.05) is 13.0 Å². The number of hydrogen-bond donors (Lipinski definition) is 0. The number of aryl methyl sites for hydroxylation is 1. The summed E-state index contributed by atoms with van der Waals surface area (Å²) in [6.45, 7) is 5.09. The van der Waals surface area contributed by atoms with Crippen LogP contribution in [-0.4, -0.2) is 28.2 Å². The average Bonchev–Trinajstić information content (AvgIpc) is 2.69. The molecule has 0 spiro atoms. The van der Waals surface area contributed by atoms with Gasteiger partial charge in [0.25, 0.3) is 6.43 Å². The molecule has 0 saturated carbocycles. The number of amides is 1. The van der Waals surface area contributed by atoms with E-state index in [9.17, 15) is 17.8 Å². The number of ether oxygens (including phenoxy) is 1. The van der Waals surface area contributed by atoms with E-state index in [0.717, 1.165) is 21.4 Å². The molecule has 2 aromatic rings. The van der Waals surface area contributed by atoms with Gasteiger partial charge in [-0.1, -0.05) is 54.1 Å². The van der Waals surface area contributed by atoms with Gasteiger partial charge in [-0.25, -0.2) is 17.8 Å². The molecule has 0 bridgehead atoms. The van der Waals surface area contributed by atoms with Gasteiger partial charge >= 0.3 is 6.09 Å². The van der Waals surface area contributed by atoms with E-state index in [0.29, 0.717) is 4.90 Å². The molecule has 28 heavy (non-hydrogen) atoms. The number of hydrogen-bond acceptors (Lipinski definition) is 3. The summed E-state index contributed by atoms with van der Waals surface area (Å²) in [5.41, 5.74) is 0.994. The molecular weight excluding hydrogens is 384 g/mol. The topological polar surface area (TPSA) is 46.6 Å². The molecule has 0 unspecified atom stereocenters. The second-order valence-corrected chi connectivity index (χ2v) is 7.20. The molecule has 0 aliphatic heterocycles. The summed E-state index contributed by atoms with van der Waals surface area (Å²) in [7, 11) is -1.85. The lowest BCUT2D eigenvalue weighted by atomic mass is 10.2. The maximum atomic E-state index is 13.6. The Hall–Kier alpha value is -2.80. The van der Waals surface area contributed by atoms with Crippen LogP contribution in [0.25, 0.3) is 0 Å². The first-order valence-electron chi connectivity index (χ1n) is 8.48. The largest absolute Gasteiger partial charge is 0.444 e. The first-order chi connectivity index (χ1) is 13.4. The van der Waals surface area contributed by atoms with Gasteiger partial charge in [0.1, 0.15) is 6.61 Å². The van der Waals surface area contributed by atoms with Gasteiger partial charge in [-0.15, -0.1) is 6.58 Å². The van der Waals surface area contributed by atoms with Crippen LogP contribution in [0.15, 0.2) is 83.3 Å². The fourth-order valence-corrected chi connectivity index (χ4v) is 3.28. The fraction of sp³-hybridized carbons (Fsp3) is 0.190. The van der Waals surface area contributed by atoms with Crippen molar-refractivity contribution in [3.05, 3.63) is 89.5 Å². The molecule has 0 aromatic heterocycles. The molecule has 148 valence electrons. The van der Waals surface area contributed by atoms with E-state index in [1.165, 1.54) is 6.08 Å². The van der Waals surface area contributed by atoms with E-state index >= 15 is 0 Å². The molecular formula is C21H21F2NO3S. The van der Waals surface area contributed by atoms with Gasteiger partial charge in [0.2, 0.25) is 0 Å². The first kappa shape index (κ1) is 21.5. The molecule has 2 rings (SSSR count). The van der Waals surface area contributed by atoms with Crippen LogP contribution >= 0.6 is 0 Å². The zero-order chi connectivity index (χ0) is 20.5. The van der Waals surface area contributed by atoms with Crippen molar-refractivity contribution in [2.75, 3.05) is 6.54 Å². The van der Waals surface area contributed by atoms with E-state index in [-0.39, 0.29) is 13.2 Å². The predicted molar refractivity (Wildman–Crippen MR) is 105 cm³/mol. The van der Waals surface area contributed by atoms with Crippen molar-refractivity contribution in [1.82, 2.24) is 4.90 Å². The Morgan fingerprint density at radius 2 is 1.82 bits per heavy atom. The molecule has 4 nitrogen and oxygen atoms in total. The molecule has 0 N–H and O–H groups in total. The van der Waals surface area contributed by atoms with Crippen molar-refractivity contribution in [3.63, 3.8) is 0 Å². The Morgan fingerprint density at radius 1 is 1.18 bits per heavy atom. The summed E-state index contributed by atoms with van der Waals surface area (Å²) < 4.78 is 44.9. The highest BCUT2D eigenvalue weighted by molar-refractivity contribution is 7.88. The maximum Gasteiger partial charge on any atom is 0.414 e. The normalized spacial score (nSPS) is 12.5. The van der Waals surface area contributed by atoms with E-state index < -0.39 is 29.0 Å². The maximum absolute atomic E-state index is 13.6. The van der Waals surface area contributed by atoms with Crippen molar-refractivity contribution < 1.29 is 22.5 Å². The van der Waals surface area contributed by atoms with Gasteiger partial charge in [-0.3, -0.25) is 4.90 Å². The SMILES string of the molecule is C=CCN(C(=O)OCc1ccccc1)/C(=C\[S@@](=O)c1ccc(C)cc1)C(F)F. The zero-order valence-corrected chi connectivity index (χ0v) is 16.2. The summed E-state index contributed by atoms with van der Waals surface area (Å²) in [6.07, 6.45) is -2.68. The lowest BCUT2D eigenvalue weighted by molar-refractivity contribution is 0.0895. The Bertz CT molecular complexity index is 852. The van der Waals surface area contributed by atoms with Crippen LogP contribution in [0.5, 0.6) is 0 Å². The Kier molecular flexibility index (Phi) is 8.07. The van der Waals surface area contributed by atoms with Gasteiger partial charge < -0.3 is 4.74 Å². The van der Waals surface area contributed by atoms with Gasteiger partial charge in [0, 0.05) is 16.8 Å². The molecule has 2 aromatic carbocycles. The van der Waals surface area contributed by atoms with Gasteiger partial charge in [0.05, 0.1) is 16.5 Å². The van der Waals surface area contributed by atoms with Gasteiger partial charge in [-0.05, 0) is 24.6 Å². The summed E-state index contributed by atoms with van der Waals surface area (Å²) in [5, 5.41) is 0.878. The lowest BCUT2D eigenvalue weighted by Crippen LogP contribution is -2.34. The lowest BCUT2D eigenvalue weighted by Gasteiger charge is -2.23. The molecule has 0 radical (unpaired) electrons. The Balaban J connectivity index is 2.22. The monoisotopic (exact) mass is 405 g/mol. The zero-order valence-electron chi connectivity index (χ0n) is 15.4. The quantitative estimate of drug-likeness (QED) is 0.579. The molecule has 0 saturated heterocycles. The molecule has 0 fully saturated rings. The van der Waals surface area contributed by atoms with Crippen LogP contribution in [0.4, 0.5) is 13.6 Å². The highest BCUT2D eigenvalue weighted by Gasteiger charge is 2.26. The number of alkyl halides is 2. The molecule has 7 heteroatoms. The van der Waals surface area contributed by atoms with Crippen molar-refractivity contribution in [2.45, 2.75) is 24.9 Å². The van der Waals surface area contributed by atoms with Gasteiger partial charge in [-0.2, -0.15) is 0 Å². The average molecular weight is 405 g/mol. The molecule has 0 aliphatic rings. The Labute approximate surface area is 165 Å². The number of halogens is 2. The van der Waals surface area contributed by atoms with Crippen LogP contribution in [0.1, 0.15) is 11.1 Å². The number of allylic oxidation sites excluding steroid dienone is 1. The molecule has 1 atom stereocenters. The minimum atomic E-state index is -3.02. The van der Waals surface area contributed by atoms with Crippen molar-refractivity contribution in [2.24, 2.45) is 0 Å². The minimum absolute atomic E-state index is 0.0646. The summed E-state index contributed by atoms with van der Waals surface area (Å²) in [6, 6.07) is 15.5. The third kappa shape index (κ3) is 6.13. The van der Waals surface area contributed by atoms with Crippen molar-refractivity contribution in [1.29, 1.82) is 0 Å². The fourth-order valence-electron chi connectivity index (χ4n) is 2.29. The molecule has 0 heterocycles. The minimum Gasteiger partial charge on any atom is -0.444 e. The number of carbonyl (C=O) groups excluding carboxylic acids is 1. The van der Waals surface area contributed by atoms with Crippen LogP contribution in [0.2, 0.25) is 0 Å². The Morgan fingerprint density at radius 3 is 2.39 bits per heavy atom. The van der Waals surface area contributed by atoms with Crippen molar-refractivity contribution >= 4 is 16.9 Å². The van der Waals surface area contributed by atoms with E-state index in [1.54, 1.807) is 48.5 Å². The van der Waals surface area contributed by atoms with Crippen LogP contribution in [0.3, 0.4) is 0 Å². The first-order valence-corrected chi connectivity index (χ1v) is 9.70. The predicted octanol–water partition coefficient (Wildman–Crippen LogP) is 5.03. The molecule has 1 amide bonds. The highest BCUT2D eigenvalue weighted by atomic mass is 32.2. The second kappa shape index (κ2) is 10.5. The smallest absolute Gasteiger partial charge is 0.414 e. The third-order valence-electron chi connectivity index (χ3n) is 3.75. The highest BCUT2D eigenvalue weighted by Crippen LogP contribution is 2.20. The summed E-state index contributed by atoms with van der Waals surface area (Å²) in [4.78, 5) is 13.5. The summed E-state index contributed by atoms with van der Waals surface area (Å²) in [5.74, 6) is 0. The standard InChI is InChI=1S/C21H21F2NO3S/c1-3-13-24(21(25)27-14-17-7-5-4-6-8-17)19(20(22)23)15-28(26)18-11-9-16(2)10-12-18/h3-12,15,20H,1,13-14H2,2H3/b19-15-/t28-/m1/s1. The summed E-state index contributed by atoms with van der Waals surface area (Å²) >= 11 is 0. The van der Waals surface area contributed by atoms with E-state index in [4.69, 9.17) is 4.74 Å². The van der Waals surface area contributed by atoms with Crippen LogP contribution in [0, 0.1) is 6.92 Å². The number of nitrogens with zero attached hydrogens (tertiary/aromatic N) is 1. The van der Waals surface area contributed by atoms with Crippen LogP contribution in [-0.2, 0) is 22.1 Å². The third-order valence-corrected chi connectivity index (χ3v) is 4.95. The van der Waals surface area contributed by atoms with E-state index in [2.05, 4.69) is 6.58 Å². The number of rotatable bonds is 8. The van der Waals surface area contributed by atoms with Crippen molar-refractivity contribution in [3.8, 4) is 0 Å². The van der Waals surface area contributed by atoms with Gasteiger partial charge in [0.15, 0.2) is 0 Å². The number of carbonyl (C=O) groups is 1. The van der Waals surface area contributed by atoms with Crippen LogP contribution < -0.4 is 0 Å². The number of benzene rings is 2. The molecule has 0 aliphatic carbocycles. The second-order valence-electron chi connectivity index (χ2n) is 5.89.